The summed E-state index contributed by atoms with van der Waals surface area (Å²) in [6.45, 7) is 3.20. The van der Waals surface area contributed by atoms with Crippen molar-refractivity contribution in [2.24, 2.45) is 0 Å². The Labute approximate surface area is 148 Å². The lowest BCUT2D eigenvalue weighted by Crippen LogP contribution is -2.39. The lowest BCUT2D eigenvalue weighted by Gasteiger charge is -2.35. The van der Waals surface area contributed by atoms with Crippen LogP contribution in [0.3, 0.4) is 0 Å². The summed E-state index contributed by atoms with van der Waals surface area (Å²) in [6, 6.07) is 7.73. The quantitative estimate of drug-likeness (QED) is 0.902. The number of ether oxygens (including phenoxy) is 1. The number of hydrogen-bond acceptors (Lipinski definition) is 5. The van der Waals surface area contributed by atoms with E-state index >= 15 is 0 Å². The zero-order valence-electron chi connectivity index (χ0n) is 14.7. The van der Waals surface area contributed by atoms with Gasteiger partial charge in [-0.15, -0.1) is 0 Å². The molecule has 0 spiro atoms. The minimum atomic E-state index is -0.280. The van der Waals surface area contributed by atoms with Crippen molar-refractivity contribution in [1.29, 1.82) is 0 Å². The molecule has 6 nitrogen and oxygen atoms in total. The number of nitrogens with zero attached hydrogens (tertiary/aromatic N) is 3. The van der Waals surface area contributed by atoms with Crippen molar-refractivity contribution < 1.29 is 9.53 Å². The standard InChI is InChI=1S/C19H24N4O2/c1-3-15-8-4-5-10-23(15)18-13-20-17(12-21-18)19(24)22-14-7-6-9-16(11-14)25-2/h6-7,9,11-13,15H,3-5,8,10H2,1-2H3,(H,22,24). The van der Waals surface area contributed by atoms with Crippen molar-refractivity contribution in [3.05, 3.63) is 42.4 Å². The number of benzene rings is 1. The van der Waals surface area contributed by atoms with Gasteiger partial charge in [0.25, 0.3) is 5.91 Å². The number of amides is 1. The number of carbonyl (C=O) groups is 1. The molecule has 0 radical (unpaired) electrons. The first kappa shape index (κ1) is 17.2. The summed E-state index contributed by atoms with van der Waals surface area (Å²) in [6.07, 6.45) is 7.98. The first-order valence-electron chi connectivity index (χ1n) is 8.75. The van der Waals surface area contributed by atoms with Gasteiger partial charge < -0.3 is 15.0 Å². The highest BCUT2D eigenvalue weighted by molar-refractivity contribution is 6.02. The van der Waals surface area contributed by atoms with E-state index in [1.807, 2.05) is 18.2 Å². The molecule has 6 heteroatoms. The lowest BCUT2D eigenvalue weighted by atomic mass is 10.0. The van der Waals surface area contributed by atoms with Gasteiger partial charge in [-0.2, -0.15) is 0 Å². The summed E-state index contributed by atoms with van der Waals surface area (Å²) >= 11 is 0. The van der Waals surface area contributed by atoms with E-state index in [1.165, 1.54) is 19.3 Å². The minimum absolute atomic E-state index is 0.280. The number of methoxy groups -OCH3 is 1. The molecule has 25 heavy (non-hydrogen) atoms. The van der Waals surface area contributed by atoms with E-state index in [1.54, 1.807) is 25.6 Å². The summed E-state index contributed by atoms with van der Waals surface area (Å²) in [5, 5.41) is 2.82. The van der Waals surface area contributed by atoms with E-state index < -0.39 is 0 Å². The topological polar surface area (TPSA) is 67.4 Å². The van der Waals surface area contributed by atoms with Crippen LogP contribution in [0, 0.1) is 0 Å². The SMILES string of the molecule is CCC1CCCCN1c1cnc(C(=O)Nc2cccc(OC)c2)cn1. The number of piperidine rings is 1. The smallest absolute Gasteiger partial charge is 0.275 e. The highest BCUT2D eigenvalue weighted by Gasteiger charge is 2.22. The molecule has 1 aliphatic heterocycles. The fourth-order valence-corrected chi connectivity index (χ4v) is 3.21. The number of carbonyl (C=O) groups excluding carboxylic acids is 1. The largest absolute Gasteiger partial charge is 0.497 e. The minimum Gasteiger partial charge on any atom is -0.497 e. The van der Waals surface area contributed by atoms with Crippen LogP contribution in [-0.4, -0.2) is 35.6 Å². The highest BCUT2D eigenvalue weighted by Crippen LogP contribution is 2.24. The Morgan fingerprint density at radius 3 is 2.92 bits per heavy atom. The average molecular weight is 340 g/mol. The van der Waals surface area contributed by atoms with Crippen molar-refractivity contribution in [2.45, 2.75) is 38.6 Å². The molecule has 0 bridgehead atoms. The molecule has 1 N–H and O–H groups in total. The number of rotatable bonds is 5. The molecular formula is C19H24N4O2. The molecule has 1 saturated heterocycles. The lowest BCUT2D eigenvalue weighted by molar-refractivity contribution is 0.102. The van der Waals surface area contributed by atoms with Crippen molar-refractivity contribution in [3.8, 4) is 5.75 Å². The monoisotopic (exact) mass is 340 g/mol. The van der Waals surface area contributed by atoms with Gasteiger partial charge in [-0.05, 0) is 37.8 Å². The molecule has 1 aromatic heterocycles. The van der Waals surface area contributed by atoms with Crippen LogP contribution in [0.2, 0.25) is 0 Å². The van der Waals surface area contributed by atoms with E-state index in [0.29, 0.717) is 23.2 Å². The van der Waals surface area contributed by atoms with Crippen molar-refractivity contribution in [3.63, 3.8) is 0 Å². The van der Waals surface area contributed by atoms with Gasteiger partial charge in [0.2, 0.25) is 0 Å². The molecule has 1 fully saturated rings. The Hall–Kier alpha value is -2.63. The Balaban J connectivity index is 1.69. The van der Waals surface area contributed by atoms with E-state index in [2.05, 4.69) is 27.1 Å². The molecule has 2 aromatic rings. The summed E-state index contributed by atoms with van der Waals surface area (Å²) in [5.41, 5.74) is 0.967. The summed E-state index contributed by atoms with van der Waals surface area (Å²) in [4.78, 5) is 23.4. The normalized spacial score (nSPS) is 17.2. The molecule has 1 atom stereocenters. The Morgan fingerprint density at radius 2 is 2.20 bits per heavy atom. The second-order valence-electron chi connectivity index (χ2n) is 6.20. The average Bonchev–Trinajstić information content (AvgIpc) is 2.68. The maximum absolute atomic E-state index is 12.4. The second-order valence-corrected chi connectivity index (χ2v) is 6.20. The van der Waals surface area contributed by atoms with Crippen LogP contribution in [0.15, 0.2) is 36.7 Å². The fraction of sp³-hybridized carbons (Fsp3) is 0.421. The van der Waals surface area contributed by atoms with Crippen LogP contribution in [0.5, 0.6) is 5.75 Å². The maximum atomic E-state index is 12.4. The number of nitrogens with one attached hydrogen (secondary N) is 1. The Bertz CT molecular complexity index is 718. The summed E-state index contributed by atoms with van der Waals surface area (Å²) in [5.74, 6) is 1.26. The third-order valence-electron chi connectivity index (χ3n) is 4.59. The first-order valence-corrected chi connectivity index (χ1v) is 8.75. The van der Waals surface area contributed by atoms with Crippen LogP contribution >= 0.6 is 0 Å². The molecule has 1 aliphatic rings. The van der Waals surface area contributed by atoms with E-state index in [0.717, 1.165) is 18.8 Å². The van der Waals surface area contributed by atoms with Crippen LogP contribution in [0.25, 0.3) is 0 Å². The summed E-state index contributed by atoms with van der Waals surface area (Å²) in [7, 11) is 1.59. The van der Waals surface area contributed by atoms with Gasteiger partial charge in [0.05, 0.1) is 19.5 Å². The van der Waals surface area contributed by atoms with Crippen LogP contribution in [-0.2, 0) is 0 Å². The number of anilines is 2. The van der Waals surface area contributed by atoms with Gasteiger partial charge in [0.15, 0.2) is 0 Å². The van der Waals surface area contributed by atoms with Gasteiger partial charge in [-0.3, -0.25) is 4.79 Å². The molecule has 0 saturated carbocycles. The molecular weight excluding hydrogens is 316 g/mol. The van der Waals surface area contributed by atoms with Gasteiger partial charge in [-0.1, -0.05) is 13.0 Å². The van der Waals surface area contributed by atoms with E-state index in [4.69, 9.17) is 4.74 Å². The van der Waals surface area contributed by atoms with E-state index in [9.17, 15) is 4.79 Å². The third-order valence-corrected chi connectivity index (χ3v) is 4.59. The summed E-state index contributed by atoms with van der Waals surface area (Å²) < 4.78 is 5.16. The van der Waals surface area contributed by atoms with Crippen LogP contribution in [0.1, 0.15) is 43.1 Å². The highest BCUT2D eigenvalue weighted by atomic mass is 16.5. The predicted molar refractivity (Wildman–Crippen MR) is 98.3 cm³/mol. The fourth-order valence-electron chi connectivity index (χ4n) is 3.21. The first-order chi connectivity index (χ1) is 12.2. The molecule has 1 amide bonds. The van der Waals surface area contributed by atoms with Gasteiger partial charge in [0, 0.05) is 24.3 Å². The zero-order chi connectivity index (χ0) is 17.6. The van der Waals surface area contributed by atoms with Crippen molar-refractivity contribution in [2.75, 3.05) is 23.9 Å². The second kappa shape index (κ2) is 7.96. The third kappa shape index (κ3) is 4.07. The predicted octanol–water partition coefficient (Wildman–Crippen LogP) is 3.51. The van der Waals surface area contributed by atoms with Crippen molar-refractivity contribution >= 4 is 17.4 Å². The van der Waals surface area contributed by atoms with Gasteiger partial charge in [-0.25, -0.2) is 9.97 Å². The molecule has 2 heterocycles. The van der Waals surface area contributed by atoms with Crippen LogP contribution < -0.4 is 15.0 Å². The van der Waals surface area contributed by atoms with Gasteiger partial charge in [0.1, 0.15) is 17.3 Å². The molecule has 0 aliphatic carbocycles. The Kier molecular flexibility index (Phi) is 5.48. The van der Waals surface area contributed by atoms with Crippen molar-refractivity contribution in [1.82, 2.24) is 9.97 Å². The molecule has 3 rings (SSSR count). The van der Waals surface area contributed by atoms with Crippen LogP contribution in [0.4, 0.5) is 11.5 Å². The molecule has 132 valence electrons. The zero-order valence-corrected chi connectivity index (χ0v) is 14.7. The maximum Gasteiger partial charge on any atom is 0.275 e. The van der Waals surface area contributed by atoms with Gasteiger partial charge >= 0.3 is 0 Å². The number of aromatic nitrogens is 2. The molecule has 1 aromatic carbocycles. The number of hydrogen-bond donors (Lipinski definition) is 1. The van der Waals surface area contributed by atoms with E-state index in [-0.39, 0.29) is 5.91 Å². The molecule has 1 unspecified atom stereocenters. The Morgan fingerprint density at radius 1 is 1.32 bits per heavy atom.